The largest absolute Gasteiger partial charge is 0.465 e. The number of hydrogen-bond acceptors (Lipinski definition) is 4. The van der Waals surface area contributed by atoms with Crippen LogP contribution in [0.1, 0.15) is 12.5 Å². The molecule has 0 saturated carbocycles. The molecule has 0 spiro atoms. The van der Waals surface area contributed by atoms with E-state index in [2.05, 4.69) is 4.74 Å². The van der Waals surface area contributed by atoms with Crippen molar-refractivity contribution in [2.45, 2.75) is 6.92 Å². The second-order valence-electron chi connectivity index (χ2n) is 3.82. The summed E-state index contributed by atoms with van der Waals surface area (Å²) in [6.45, 7) is 1.33. The molecule has 0 N–H and O–H groups in total. The van der Waals surface area contributed by atoms with Crippen LogP contribution in [0.3, 0.4) is 0 Å². The van der Waals surface area contributed by atoms with Crippen molar-refractivity contribution in [2.75, 3.05) is 7.11 Å². The van der Waals surface area contributed by atoms with Gasteiger partial charge in [-0.1, -0.05) is 6.07 Å². The van der Waals surface area contributed by atoms with Gasteiger partial charge in [0.25, 0.3) is 0 Å². The second-order valence-corrected chi connectivity index (χ2v) is 3.82. The van der Waals surface area contributed by atoms with Crippen LogP contribution in [0, 0.1) is 0 Å². The topological polar surface area (TPSA) is 56.5 Å². The van der Waals surface area contributed by atoms with Crippen molar-refractivity contribution in [3.8, 4) is 0 Å². The summed E-state index contributed by atoms with van der Waals surface area (Å²) in [6, 6.07) is 7.22. The minimum Gasteiger partial charge on any atom is -0.465 e. The van der Waals surface area contributed by atoms with Gasteiger partial charge in [-0.2, -0.15) is 0 Å². The summed E-state index contributed by atoms with van der Waals surface area (Å²) in [7, 11) is 1.25. The minimum atomic E-state index is -0.630. The predicted octanol–water partition coefficient (Wildman–Crippen LogP) is 2.58. The van der Waals surface area contributed by atoms with E-state index in [0.29, 0.717) is 0 Å². The normalized spacial score (nSPS) is 11.6. The Hall–Kier alpha value is -2.36. The van der Waals surface area contributed by atoms with Crippen LogP contribution in [0.4, 0.5) is 0 Å². The van der Waals surface area contributed by atoms with E-state index in [1.807, 2.05) is 12.1 Å². The molecule has 1 aromatic carbocycles. The standard InChI is InChI=1S/C14H12O4/c1-9(15)12(14(16)17-2)8-10-3-4-13-11(7-10)5-6-18-13/h3-8H,1-2H3/b12-8-. The zero-order valence-electron chi connectivity index (χ0n) is 10.1. The Kier molecular flexibility index (Phi) is 3.28. The molecular formula is C14H12O4. The molecule has 92 valence electrons. The van der Waals surface area contributed by atoms with Gasteiger partial charge in [-0.25, -0.2) is 4.79 Å². The molecule has 0 radical (unpaired) electrons. The fourth-order valence-corrected chi connectivity index (χ4v) is 1.66. The monoisotopic (exact) mass is 244 g/mol. The highest BCUT2D eigenvalue weighted by atomic mass is 16.5. The predicted molar refractivity (Wildman–Crippen MR) is 66.9 cm³/mol. The van der Waals surface area contributed by atoms with Crippen LogP contribution in [0.25, 0.3) is 17.0 Å². The zero-order chi connectivity index (χ0) is 13.1. The highest BCUT2D eigenvalue weighted by molar-refractivity contribution is 6.19. The van der Waals surface area contributed by atoms with Crippen LogP contribution in [-0.2, 0) is 14.3 Å². The number of carbonyl (C=O) groups is 2. The Morgan fingerprint density at radius 3 is 2.72 bits per heavy atom. The quantitative estimate of drug-likeness (QED) is 0.360. The van der Waals surface area contributed by atoms with E-state index in [1.165, 1.54) is 20.1 Å². The molecule has 0 saturated heterocycles. The lowest BCUT2D eigenvalue weighted by molar-refractivity contribution is -0.137. The van der Waals surface area contributed by atoms with Gasteiger partial charge < -0.3 is 9.15 Å². The number of carbonyl (C=O) groups excluding carboxylic acids is 2. The Labute approximate surface area is 104 Å². The lowest BCUT2D eigenvalue weighted by Gasteiger charge is -2.01. The first-order valence-corrected chi connectivity index (χ1v) is 5.40. The van der Waals surface area contributed by atoms with Crippen LogP contribution >= 0.6 is 0 Å². The van der Waals surface area contributed by atoms with Gasteiger partial charge >= 0.3 is 5.97 Å². The molecule has 0 bridgehead atoms. The Morgan fingerprint density at radius 2 is 2.06 bits per heavy atom. The highest BCUT2D eigenvalue weighted by Gasteiger charge is 2.14. The maximum absolute atomic E-state index is 11.4. The third-order valence-corrected chi connectivity index (χ3v) is 2.57. The average Bonchev–Trinajstić information content (AvgIpc) is 2.82. The van der Waals surface area contributed by atoms with Gasteiger partial charge in [-0.15, -0.1) is 0 Å². The van der Waals surface area contributed by atoms with Gasteiger partial charge in [0, 0.05) is 5.39 Å². The third kappa shape index (κ3) is 2.32. The van der Waals surface area contributed by atoms with E-state index >= 15 is 0 Å². The van der Waals surface area contributed by atoms with Crippen molar-refractivity contribution in [1.82, 2.24) is 0 Å². The number of rotatable bonds is 3. The SMILES string of the molecule is COC(=O)/C(=C\c1ccc2occc2c1)C(C)=O. The summed E-state index contributed by atoms with van der Waals surface area (Å²) in [4.78, 5) is 22.8. The van der Waals surface area contributed by atoms with Crippen LogP contribution in [0.2, 0.25) is 0 Å². The van der Waals surface area contributed by atoms with Crippen molar-refractivity contribution in [1.29, 1.82) is 0 Å². The van der Waals surface area contributed by atoms with Crippen LogP contribution in [0.5, 0.6) is 0 Å². The first-order valence-electron chi connectivity index (χ1n) is 5.40. The van der Waals surface area contributed by atoms with Gasteiger partial charge in [-0.05, 0) is 36.8 Å². The molecule has 0 amide bonds. The average molecular weight is 244 g/mol. The van der Waals surface area contributed by atoms with Gasteiger partial charge in [-0.3, -0.25) is 4.79 Å². The second kappa shape index (κ2) is 4.87. The number of ether oxygens (including phenoxy) is 1. The maximum Gasteiger partial charge on any atom is 0.341 e. The third-order valence-electron chi connectivity index (χ3n) is 2.57. The molecule has 2 rings (SSSR count). The fraction of sp³-hybridized carbons (Fsp3) is 0.143. The molecule has 0 aliphatic rings. The number of hydrogen-bond donors (Lipinski definition) is 0. The van der Waals surface area contributed by atoms with Crippen molar-refractivity contribution in [2.24, 2.45) is 0 Å². The molecule has 0 fully saturated rings. The van der Waals surface area contributed by atoms with E-state index < -0.39 is 5.97 Å². The van der Waals surface area contributed by atoms with Gasteiger partial charge in [0.2, 0.25) is 0 Å². The minimum absolute atomic E-state index is 0.0281. The number of benzene rings is 1. The van der Waals surface area contributed by atoms with E-state index in [0.717, 1.165) is 16.5 Å². The number of Topliss-reactive ketones (excluding diaryl/α,β-unsaturated/α-hetero) is 1. The Bertz CT molecular complexity index is 634. The molecule has 18 heavy (non-hydrogen) atoms. The van der Waals surface area contributed by atoms with Gasteiger partial charge in [0.15, 0.2) is 5.78 Å². The summed E-state index contributed by atoms with van der Waals surface area (Å²) in [5, 5.41) is 0.913. The molecule has 1 heterocycles. The lowest BCUT2D eigenvalue weighted by atomic mass is 10.1. The fourth-order valence-electron chi connectivity index (χ4n) is 1.66. The maximum atomic E-state index is 11.4. The number of esters is 1. The smallest absolute Gasteiger partial charge is 0.341 e. The number of methoxy groups -OCH3 is 1. The van der Waals surface area contributed by atoms with Gasteiger partial charge in [0.05, 0.1) is 13.4 Å². The van der Waals surface area contributed by atoms with Crippen LogP contribution in [-0.4, -0.2) is 18.9 Å². The first kappa shape index (κ1) is 12.1. The number of ketones is 1. The summed E-state index contributed by atoms with van der Waals surface area (Å²) < 4.78 is 9.79. The molecule has 4 nitrogen and oxygen atoms in total. The summed E-state index contributed by atoms with van der Waals surface area (Å²) in [5.41, 5.74) is 1.54. The number of fused-ring (bicyclic) bond motifs is 1. The van der Waals surface area contributed by atoms with Gasteiger partial charge in [0.1, 0.15) is 11.2 Å². The molecule has 0 aliphatic heterocycles. The summed E-state index contributed by atoms with van der Waals surface area (Å²) in [6.07, 6.45) is 3.10. The van der Waals surface area contributed by atoms with E-state index in [9.17, 15) is 9.59 Å². The molecule has 0 aliphatic carbocycles. The first-order chi connectivity index (χ1) is 8.61. The zero-order valence-corrected chi connectivity index (χ0v) is 10.1. The molecule has 2 aromatic rings. The van der Waals surface area contributed by atoms with E-state index in [4.69, 9.17) is 4.42 Å². The van der Waals surface area contributed by atoms with Crippen LogP contribution in [0.15, 0.2) is 40.5 Å². The molecule has 4 heteroatoms. The molecule has 0 unspecified atom stereocenters. The van der Waals surface area contributed by atoms with Crippen molar-refractivity contribution in [3.63, 3.8) is 0 Å². The van der Waals surface area contributed by atoms with Crippen LogP contribution < -0.4 is 0 Å². The molecule has 0 atom stereocenters. The number of furan rings is 1. The molecule has 1 aromatic heterocycles. The van der Waals surface area contributed by atoms with Crippen molar-refractivity contribution < 1.29 is 18.7 Å². The Balaban J connectivity index is 2.45. The summed E-state index contributed by atoms with van der Waals surface area (Å²) in [5.74, 6) is -0.955. The van der Waals surface area contributed by atoms with Crippen molar-refractivity contribution in [3.05, 3.63) is 41.7 Å². The lowest BCUT2D eigenvalue weighted by Crippen LogP contribution is -2.11. The van der Waals surface area contributed by atoms with Crippen molar-refractivity contribution >= 4 is 28.8 Å². The Morgan fingerprint density at radius 1 is 1.28 bits per heavy atom. The summed E-state index contributed by atoms with van der Waals surface area (Å²) >= 11 is 0. The molecular weight excluding hydrogens is 232 g/mol. The van der Waals surface area contributed by atoms with E-state index in [1.54, 1.807) is 18.4 Å². The highest BCUT2D eigenvalue weighted by Crippen LogP contribution is 2.19. The van der Waals surface area contributed by atoms with E-state index in [-0.39, 0.29) is 11.4 Å².